The third kappa shape index (κ3) is 2.99. The van der Waals surface area contributed by atoms with Gasteiger partial charge in [-0.1, -0.05) is 12.2 Å². The largest absolute Gasteiger partial charge is 0.508 e. The van der Waals surface area contributed by atoms with Crippen molar-refractivity contribution in [1.29, 1.82) is 0 Å². The topological polar surface area (TPSA) is 86.6 Å². The number of amides is 1. The van der Waals surface area contributed by atoms with Crippen LogP contribution in [0.1, 0.15) is 18.4 Å². The van der Waals surface area contributed by atoms with E-state index in [2.05, 4.69) is 5.32 Å². The molecule has 1 aliphatic carbocycles. The molecule has 0 spiro atoms. The van der Waals surface area contributed by atoms with Gasteiger partial charge in [0.2, 0.25) is 5.91 Å². The number of allylic oxidation sites excluding steroid dienone is 2. The van der Waals surface area contributed by atoms with Crippen LogP contribution in [0.4, 0.5) is 5.69 Å². The van der Waals surface area contributed by atoms with Gasteiger partial charge in [0.1, 0.15) is 5.75 Å². The average molecular weight is 275 g/mol. The summed E-state index contributed by atoms with van der Waals surface area (Å²) in [6.45, 7) is 1.77. The summed E-state index contributed by atoms with van der Waals surface area (Å²) < 4.78 is 0. The first-order valence-electron chi connectivity index (χ1n) is 6.47. The second-order valence-corrected chi connectivity index (χ2v) is 4.98. The number of carbonyl (C=O) groups is 2. The van der Waals surface area contributed by atoms with Crippen LogP contribution in [0.15, 0.2) is 30.4 Å². The number of benzene rings is 1. The van der Waals surface area contributed by atoms with Gasteiger partial charge in [0.05, 0.1) is 11.8 Å². The number of anilines is 1. The van der Waals surface area contributed by atoms with Gasteiger partial charge in [-0.05, 0) is 43.5 Å². The van der Waals surface area contributed by atoms with E-state index in [0.29, 0.717) is 18.5 Å². The minimum Gasteiger partial charge on any atom is -0.508 e. The number of aliphatic carboxylic acids is 1. The number of hydrogen-bond donors (Lipinski definition) is 3. The molecule has 0 radical (unpaired) electrons. The van der Waals surface area contributed by atoms with E-state index in [4.69, 9.17) is 5.11 Å². The van der Waals surface area contributed by atoms with E-state index < -0.39 is 17.8 Å². The number of phenolic OH excluding ortho intramolecular Hbond substituents is 1. The summed E-state index contributed by atoms with van der Waals surface area (Å²) >= 11 is 0. The molecule has 2 unspecified atom stereocenters. The summed E-state index contributed by atoms with van der Waals surface area (Å²) in [4.78, 5) is 23.4. The number of carbonyl (C=O) groups excluding carboxylic acids is 1. The molecule has 1 aromatic rings. The van der Waals surface area contributed by atoms with Crippen LogP contribution in [0.2, 0.25) is 0 Å². The van der Waals surface area contributed by atoms with Gasteiger partial charge < -0.3 is 15.5 Å². The molecule has 2 rings (SSSR count). The minimum atomic E-state index is -0.947. The lowest BCUT2D eigenvalue weighted by atomic mass is 9.82. The zero-order valence-corrected chi connectivity index (χ0v) is 11.2. The second-order valence-electron chi connectivity index (χ2n) is 4.98. The molecule has 1 aromatic carbocycles. The van der Waals surface area contributed by atoms with Gasteiger partial charge >= 0.3 is 5.97 Å². The lowest BCUT2D eigenvalue weighted by Gasteiger charge is -2.24. The number of hydrogen-bond acceptors (Lipinski definition) is 3. The first-order valence-corrected chi connectivity index (χ1v) is 6.47. The zero-order valence-electron chi connectivity index (χ0n) is 11.2. The molecule has 0 aliphatic heterocycles. The lowest BCUT2D eigenvalue weighted by Crippen LogP contribution is -2.34. The first kappa shape index (κ1) is 14.1. The van der Waals surface area contributed by atoms with Gasteiger partial charge in [-0.25, -0.2) is 0 Å². The van der Waals surface area contributed by atoms with Crippen molar-refractivity contribution in [3.8, 4) is 5.75 Å². The SMILES string of the molecule is Cc1cc(O)ccc1NC(=O)C1CC=CCC1C(=O)O. The fraction of sp³-hybridized carbons (Fsp3) is 0.333. The van der Waals surface area contributed by atoms with Crippen molar-refractivity contribution in [1.82, 2.24) is 0 Å². The Morgan fingerprint density at radius 1 is 1.20 bits per heavy atom. The summed E-state index contributed by atoms with van der Waals surface area (Å²) in [5.74, 6) is -2.36. The molecule has 0 heterocycles. The molecule has 5 heteroatoms. The fourth-order valence-corrected chi connectivity index (χ4v) is 2.39. The van der Waals surface area contributed by atoms with Gasteiger partial charge in [-0.2, -0.15) is 0 Å². The van der Waals surface area contributed by atoms with Crippen LogP contribution < -0.4 is 5.32 Å². The summed E-state index contributed by atoms with van der Waals surface area (Å²) in [7, 11) is 0. The van der Waals surface area contributed by atoms with Crippen LogP contribution in [-0.4, -0.2) is 22.1 Å². The predicted molar refractivity (Wildman–Crippen MR) is 74.5 cm³/mol. The van der Waals surface area contributed by atoms with Crippen LogP contribution in [0.3, 0.4) is 0 Å². The minimum absolute atomic E-state index is 0.129. The highest BCUT2D eigenvalue weighted by Gasteiger charge is 2.34. The number of aryl methyl sites for hydroxylation is 1. The highest BCUT2D eigenvalue weighted by atomic mass is 16.4. The van der Waals surface area contributed by atoms with E-state index in [-0.39, 0.29) is 11.7 Å². The molecule has 20 heavy (non-hydrogen) atoms. The van der Waals surface area contributed by atoms with E-state index in [9.17, 15) is 14.7 Å². The summed E-state index contributed by atoms with van der Waals surface area (Å²) in [6.07, 6.45) is 4.45. The van der Waals surface area contributed by atoms with Crippen molar-refractivity contribution in [3.05, 3.63) is 35.9 Å². The molecule has 3 N–H and O–H groups in total. The van der Waals surface area contributed by atoms with Crippen molar-refractivity contribution in [2.45, 2.75) is 19.8 Å². The van der Waals surface area contributed by atoms with E-state index in [0.717, 1.165) is 5.56 Å². The maximum Gasteiger partial charge on any atom is 0.307 e. The third-order valence-electron chi connectivity index (χ3n) is 3.55. The number of rotatable bonds is 3. The van der Waals surface area contributed by atoms with Gasteiger partial charge in [-0.3, -0.25) is 9.59 Å². The van der Waals surface area contributed by atoms with Crippen LogP contribution in [0.25, 0.3) is 0 Å². The monoisotopic (exact) mass is 275 g/mol. The third-order valence-corrected chi connectivity index (χ3v) is 3.55. The van der Waals surface area contributed by atoms with Gasteiger partial charge in [0, 0.05) is 5.69 Å². The Morgan fingerprint density at radius 3 is 2.45 bits per heavy atom. The molecule has 0 aromatic heterocycles. The molecule has 0 fully saturated rings. The molecule has 1 aliphatic rings. The molecular weight excluding hydrogens is 258 g/mol. The summed E-state index contributed by atoms with van der Waals surface area (Å²) in [6, 6.07) is 4.64. The van der Waals surface area contributed by atoms with Crippen LogP contribution >= 0.6 is 0 Å². The quantitative estimate of drug-likeness (QED) is 0.583. The number of carboxylic acids is 1. The number of carboxylic acid groups (broad SMARTS) is 1. The highest BCUT2D eigenvalue weighted by Crippen LogP contribution is 2.28. The Hall–Kier alpha value is -2.30. The number of aromatic hydroxyl groups is 1. The van der Waals surface area contributed by atoms with Crippen LogP contribution in [-0.2, 0) is 9.59 Å². The predicted octanol–water partition coefficient (Wildman–Crippen LogP) is 2.31. The average Bonchev–Trinajstić information content (AvgIpc) is 2.41. The Kier molecular flexibility index (Phi) is 4.08. The molecular formula is C15H17NO4. The van der Waals surface area contributed by atoms with Crippen molar-refractivity contribution in [3.63, 3.8) is 0 Å². The normalized spacial score (nSPS) is 21.4. The van der Waals surface area contributed by atoms with E-state index >= 15 is 0 Å². The Balaban J connectivity index is 2.14. The molecule has 0 bridgehead atoms. The molecule has 106 valence electrons. The second kappa shape index (κ2) is 5.77. The van der Waals surface area contributed by atoms with E-state index in [1.807, 2.05) is 6.08 Å². The van der Waals surface area contributed by atoms with E-state index in [1.165, 1.54) is 6.07 Å². The standard InChI is InChI=1S/C15H17NO4/c1-9-8-10(17)6-7-13(9)16-14(18)11-4-2-3-5-12(11)15(19)20/h2-3,6-8,11-12,17H,4-5H2,1H3,(H,16,18)(H,19,20). The molecule has 0 saturated heterocycles. The highest BCUT2D eigenvalue weighted by molar-refractivity contribution is 5.96. The number of nitrogens with one attached hydrogen (secondary N) is 1. The smallest absolute Gasteiger partial charge is 0.307 e. The van der Waals surface area contributed by atoms with Gasteiger partial charge in [0.25, 0.3) is 0 Å². The van der Waals surface area contributed by atoms with Crippen molar-refractivity contribution in [2.75, 3.05) is 5.32 Å². The maximum atomic E-state index is 12.2. The lowest BCUT2D eigenvalue weighted by molar-refractivity contribution is -0.146. The summed E-state index contributed by atoms with van der Waals surface area (Å²) in [5, 5.41) is 21.2. The zero-order chi connectivity index (χ0) is 14.7. The molecule has 5 nitrogen and oxygen atoms in total. The number of phenols is 1. The maximum absolute atomic E-state index is 12.2. The Morgan fingerprint density at radius 2 is 1.85 bits per heavy atom. The van der Waals surface area contributed by atoms with Crippen LogP contribution in [0.5, 0.6) is 5.75 Å². The Bertz CT molecular complexity index is 565. The first-order chi connectivity index (χ1) is 9.49. The van der Waals surface area contributed by atoms with Crippen molar-refractivity contribution >= 4 is 17.6 Å². The van der Waals surface area contributed by atoms with E-state index in [1.54, 1.807) is 25.1 Å². The van der Waals surface area contributed by atoms with Crippen molar-refractivity contribution < 1.29 is 19.8 Å². The van der Waals surface area contributed by atoms with Crippen LogP contribution in [0, 0.1) is 18.8 Å². The fourth-order valence-electron chi connectivity index (χ4n) is 2.39. The summed E-state index contributed by atoms with van der Waals surface area (Å²) in [5.41, 5.74) is 1.32. The van der Waals surface area contributed by atoms with Gasteiger partial charge in [-0.15, -0.1) is 0 Å². The molecule has 0 saturated carbocycles. The van der Waals surface area contributed by atoms with Gasteiger partial charge in [0.15, 0.2) is 0 Å². The van der Waals surface area contributed by atoms with Crippen molar-refractivity contribution in [2.24, 2.45) is 11.8 Å². The molecule has 2 atom stereocenters. The molecule has 1 amide bonds. The Labute approximate surface area is 116 Å².